The van der Waals surface area contributed by atoms with Crippen molar-refractivity contribution in [2.45, 2.75) is 45.8 Å². The van der Waals surface area contributed by atoms with Crippen molar-refractivity contribution in [2.24, 2.45) is 4.99 Å². The molecule has 2 N–H and O–H groups in total. The van der Waals surface area contributed by atoms with Gasteiger partial charge in [-0.2, -0.15) is 0 Å². The van der Waals surface area contributed by atoms with Crippen molar-refractivity contribution in [3.8, 4) is 5.75 Å². The molecule has 6 nitrogen and oxygen atoms in total. The third-order valence-electron chi connectivity index (χ3n) is 4.06. The fourth-order valence-corrected chi connectivity index (χ4v) is 2.62. The lowest BCUT2D eigenvalue weighted by atomic mass is 10.2. The van der Waals surface area contributed by atoms with Crippen LogP contribution in [0.1, 0.15) is 32.3 Å². The first-order valence-electron chi connectivity index (χ1n) is 9.62. The first-order chi connectivity index (χ1) is 12.7. The fraction of sp³-hybridized carbons (Fsp3) is 0.650. The van der Waals surface area contributed by atoms with Gasteiger partial charge in [0.25, 0.3) is 0 Å². The van der Waals surface area contributed by atoms with Crippen molar-refractivity contribution >= 4 is 29.9 Å². The summed E-state index contributed by atoms with van der Waals surface area (Å²) in [5, 5.41) is 6.61. The molecule has 2 atom stereocenters. The number of aliphatic imine (C=N–C) groups is 1. The number of halogens is 1. The monoisotopic (exact) mass is 491 g/mol. The van der Waals surface area contributed by atoms with Gasteiger partial charge in [-0.1, -0.05) is 17.7 Å². The first-order valence-corrected chi connectivity index (χ1v) is 9.62. The van der Waals surface area contributed by atoms with E-state index < -0.39 is 0 Å². The van der Waals surface area contributed by atoms with Crippen molar-refractivity contribution in [3.63, 3.8) is 0 Å². The van der Waals surface area contributed by atoms with Gasteiger partial charge in [0.1, 0.15) is 11.9 Å². The summed E-state index contributed by atoms with van der Waals surface area (Å²) in [5.41, 5.74) is 1.23. The highest BCUT2D eigenvalue weighted by Crippen LogP contribution is 2.13. The van der Waals surface area contributed by atoms with Gasteiger partial charge in [-0.15, -0.1) is 24.0 Å². The Morgan fingerprint density at radius 2 is 2.07 bits per heavy atom. The minimum atomic E-state index is 0. The number of nitrogens with one attached hydrogen (secondary N) is 2. The second-order valence-electron chi connectivity index (χ2n) is 6.60. The van der Waals surface area contributed by atoms with Gasteiger partial charge in [0.15, 0.2) is 5.96 Å². The molecule has 1 heterocycles. The Labute approximate surface area is 180 Å². The smallest absolute Gasteiger partial charge is 0.191 e. The van der Waals surface area contributed by atoms with E-state index >= 15 is 0 Å². The number of ether oxygens (including phenoxy) is 3. The predicted molar refractivity (Wildman–Crippen MR) is 120 cm³/mol. The SMILES string of the molecule is CCNC(=NCC(C)Oc1ccc(C)cc1)NCCCOC1CCOC1.I. The molecule has 1 fully saturated rings. The zero-order valence-electron chi connectivity index (χ0n) is 16.7. The van der Waals surface area contributed by atoms with Gasteiger partial charge in [-0.25, -0.2) is 4.99 Å². The number of nitrogens with zero attached hydrogens (tertiary/aromatic N) is 1. The minimum Gasteiger partial charge on any atom is -0.489 e. The average Bonchev–Trinajstić information content (AvgIpc) is 3.15. The van der Waals surface area contributed by atoms with E-state index in [1.807, 2.05) is 19.1 Å². The van der Waals surface area contributed by atoms with Gasteiger partial charge in [0.2, 0.25) is 0 Å². The molecule has 2 unspecified atom stereocenters. The molecule has 154 valence electrons. The van der Waals surface area contributed by atoms with Gasteiger partial charge >= 0.3 is 0 Å². The maximum atomic E-state index is 5.90. The zero-order chi connectivity index (χ0) is 18.6. The van der Waals surface area contributed by atoms with Crippen molar-refractivity contribution in [3.05, 3.63) is 29.8 Å². The minimum absolute atomic E-state index is 0. The fourth-order valence-electron chi connectivity index (χ4n) is 2.62. The summed E-state index contributed by atoms with van der Waals surface area (Å²) in [6.45, 7) is 10.7. The van der Waals surface area contributed by atoms with Crippen LogP contribution in [-0.4, -0.2) is 57.6 Å². The number of hydrogen-bond acceptors (Lipinski definition) is 4. The molecule has 7 heteroatoms. The van der Waals surface area contributed by atoms with Gasteiger partial charge in [-0.05, 0) is 45.7 Å². The highest BCUT2D eigenvalue weighted by atomic mass is 127. The Hall–Kier alpha value is -1.06. The van der Waals surface area contributed by atoms with Crippen molar-refractivity contribution < 1.29 is 14.2 Å². The van der Waals surface area contributed by atoms with Crippen LogP contribution in [0.25, 0.3) is 0 Å². The van der Waals surface area contributed by atoms with E-state index in [2.05, 4.69) is 41.6 Å². The molecule has 0 spiro atoms. The van der Waals surface area contributed by atoms with Gasteiger partial charge in [0, 0.05) is 26.3 Å². The number of aryl methyl sites for hydroxylation is 1. The van der Waals surface area contributed by atoms with E-state index in [9.17, 15) is 0 Å². The van der Waals surface area contributed by atoms with E-state index in [1.165, 1.54) is 5.56 Å². The second-order valence-corrected chi connectivity index (χ2v) is 6.60. The van der Waals surface area contributed by atoms with Gasteiger partial charge in [0.05, 0.1) is 19.3 Å². The molecule has 0 amide bonds. The summed E-state index contributed by atoms with van der Waals surface area (Å²) in [7, 11) is 0. The Morgan fingerprint density at radius 1 is 1.30 bits per heavy atom. The first kappa shape index (κ1) is 24.0. The van der Waals surface area contributed by atoms with Crippen LogP contribution >= 0.6 is 24.0 Å². The molecule has 0 bridgehead atoms. The maximum absolute atomic E-state index is 5.90. The van der Waals surface area contributed by atoms with E-state index in [4.69, 9.17) is 14.2 Å². The number of hydrogen-bond donors (Lipinski definition) is 2. The van der Waals surface area contributed by atoms with Crippen LogP contribution in [0.2, 0.25) is 0 Å². The lowest BCUT2D eigenvalue weighted by Gasteiger charge is -2.15. The van der Waals surface area contributed by atoms with E-state index in [0.29, 0.717) is 6.54 Å². The summed E-state index contributed by atoms with van der Waals surface area (Å²) < 4.78 is 17.0. The number of benzene rings is 1. The summed E-state index contributed by atoms with van der Waals surface area (Å²) in [6, 6.07) is 8.09. The standard InChI is InChI=1S/C20H33N3O3.HI/c1-4-21-20(22-11-5-12-25-19-10-13-24-15-19)23-14-17(3)26-18-8-6-16(2)7-9-18;/h6-9,17,19H,4-5,10-15H2,1-3H3,(H2,21,22,23);1H. The highest BCUT2D eigenvalue weighted by Gasteiger charge is 2.15. The van der Waals surface area contributed by atoms with Gasteiger partial charge < -0.3 is 24.8 Å². The average molecular weight is 491 g/mol. The molecule has 2 rings (SSSR count). The second kappa shape index (κ2) is 14.0. The van der Waals surface area contributed by atoms with Crippen LogP contribution in [0.4, 0.5) is 0 Å². The van der Waals surface area contributed by atoms with E-state index in [0.717, 1.165) is 57.5 Å². The highest BCUT2D eigenvalue weighted by molar-refractivity contribution is 14.0. The molecule has 1 aromatic rings. The van der Waals surface area contributed by atoms with Crippen LogP contribution in [0, 0.1) is 6.92 Å². The lowest BCUT2D eigenvalue weighted by molar-refractivity contribution is 0.0420. The van der Waals surface area contributed by atoms with Crippen LogP contribution < -0.4 is 15.4 Å². The molecule has 1 aliphatic heterocycles. The van der Waals surface area contributed by atoms with Crippen LogP contribution in [-0.2, 0) is 9.47 Å². The largest absolute Gasteiger partial charge is 0.489 e. The molecular weight excluding hydrogens is 457 g/mol. The van der Waals surface area contributed by atoms with Crippen molar-refractivity contribution in [2.75, 3.05) is 39.5 Å². The summed E-state index contributed by atoms with van der Waals surface area (Å²) in [4.78, 5) is 4.61. The van der Waals surface area contributed by atoms with Crippen LogP contribution in [0.15, 0.2) is 29.3 Å². The van der Waals surface area contributed by atoms with E-state index in [-0.39, 0.29) is 36.2 Å². The summed E-state index contributed by atoms with van der Waals surface area (Å²) >= 11 is 0. The Bertz CT molecular complexity index is 534. The third-order valence-corrected chi connectivity index (χ3v) is 4.06. The Morgan fingerprint density at radius 3 is 2.74 bits per heavy atom. The van der Waals surface area contributed by atoms with Crippen LogP contribution in [0.5, 0.6) is 5.75 Å². The Kier molecular flexibility index (Phi) is 12.4. The summed E-state index contributed by atoms with van der Waals surface area (Å²) in [5.74, 6) is 1.69. The molecule has 0 aliphatic carbocycles. The van der Waals surface area contributed by atoms with Gasteiger partial charge in [-0.3, -0.25) is 0 Å². The lowest BCUT2D eigenvalue weighted by Crippen LogP contribution is -2.39. The number of guanidine groups is 1. The third kappa shape index (κ3) is 10.2. The maximum Gasteiger partial charge on any atom is 0.191 e. The molecule has 0 radical (unpaired) electrons. The number of rotatable bonds is 10. The molecule has 27 heavy (non-hydrogen) atoms. The van der Waals surface area contributed by atoms with Crippen LogP contribution in [0.3, 0.4) is 0 Å². The van der Waals surface area contributed by atoms with E-state index in [1.54, 1.807) is 0 Å². The zero-order valence-corrected chi connectivity index (χ0v) is 19.0. The molecular formula is C20H34IN3O3. The summed E-state index contributed by atoms with van der Waals surface area (Å²) in [6.07, 6.45) is 2.24. The quantitative estimate of drug-likeness (QED) is 0.228. The molecule has 1 aliphatic rings. The molecule has 1 aromatic carbocycles. The van der Waals surface area contributed by atoms with Crippen molar-refractivity contribution in [1.82, 2.24) is 10.6 Å². The Balaban J connectivity index is 0.00000364. The topological polar surface area (TPSA) is 64.1 Å². The molecule has 0 aromatic heterocycles. The van der Waals surface area contributed by atoms with Crippen molar-refractivity contribution in [1.29, 1.82) is 0 Å². The molecule has 0 saturated carbocycles. The predicted octanol–water partition coefficient (Wildman–Crippen LogP) is 3.13. The molecule has 1 saturated heterocycles. The normalized spacial score (nSPS) is 17.9.